The van der Waals surface area contributed by atoms with E-state index in [1.807, 2.05) is 13.8 Å². The Morgan fingerprint density at radius 1 is 1.16 bits per heavy atom. The number of hydrogen-bond donors (Lipinski definition) is 5. The van der Waals surface area contributed by atoms with E-state index in [0.717, 1.165) is 4.57 Å². The maximum atomic E-state index is 12.9. The van der Waals surface area contributed by atoms with Crippen LogP contribution >= 0.6 is 7.60 Å². The van der Waals surface area contributed by atoms with Crippen molar-refractivity contribution < 1.29 is 34.0 Å². The lowest BCUT2D eigenvalue weighted by Crippen LogP contribution is -2.41. The van der Waals surface area contributed by atoms with Crippen LogP contribution in [-0.2, 0) is 13.8 Å². The maximum Gasteiger partial charge on any atom is 0.359 e. The standard InChI is InChI=1S/C23H38N5O9P/c1-7-22(6,33)38(34,35)37-23(8-2,9-3)10-16-17(29)18(30)20(36-16)27-11-14(19(31)24-21(27)32)15-12-28(13(4)5)26-25-15/h11-13,16-18,20,29-30,33H,7-10H2,1-6H3,(H,34,35)(H,24,31,32). The first-order chi connectivity index (χ1) is 17.6. The summed E-state index contributed by atoms with van der Waals surface area (Å²) in [6.45, 7) is 9.97. The van der Waals surface area contributed by atoms with E-state index >= 15 is 0 Å². The summed E-state index contributed by atoms with van der Waals surface area (Å²) >= 11 is 0. The molecule has 14 nitrogen and oxygen atoms in total. The van der Waals surface area contributed by atoms with Crippen LogP contribution in [0.1, 0.15) is 79.5 Å². The number of aliphatic hydroxyl groups excluding tert-OH is 2. The minimum Gasteiger partial charge on any atom is -0.388 e. The van der Waals surface area contributed by atoms with Gasteiger partial charge in [-0.05, 0) is 40.0 Å². The molecule has 0 saturated carbocycles. The van der Waals surface area contributed by atoms with Crippen LogP contribution in [0.2, 0.25) is 0 Å². The van der Waals surface area contributed by atoms with E-state index in [2.05, 4.69) is 15.3 Å². The Labute approximate surface area is 219 Å². The topological polar surface area (TPSA) is 202 Å². The molecule has 214 valence electrons. The van der Waals surface area contributed by atoms with E-state index in [4.69, 9.17) is 9.26 Å². The third kappa shape index (κ3) is 5.71. The average molecular weight is 560 g/mol. The van der Waals surface area contributed by atoms with Gasteiger partial charge in [0.1, 0.15) is 17.9 Å². The van der Waals surface area contributed by atoms with Crippen molar-refractivity contribution in [2.75, 3.05) is 0 Å². The summed E-state index contributed by atoms with van der Waals surface area (Å²) in [7, 11) is -4.53. The molecule has 15 heteroatoms. The molecule has 3 heterocycles. The van der Waals surface area contributed by atoms with E-state index in [0.29, 0.717) is 0 Å². The van der Waals surface area contributed by atoms with E-state index in [1.54, 1.807) is 27.0 Å². The van der Waals surface area contributed by atoms with E-state index in [-0.39, 0.29) is 43.0 Å². The number of rotatable bonds is 11. The van der Waals surface area contributed by atoms with Crippen molar-refractivity contribution in [1.82, 2.24) is 24.5 Å². The highest BCUT2D eigenvalue weighted by Gasteiger charge is 2.51. The molecule has 1 saturated heterocycles. The smallest absolute Gasteiger partial charge is 0.359 e. The summed E-state index contributed by atoms with van der Waals surface area (Å²) in [5.41, 5.74) is -2.67. The van der Waals surface area contributed by atoms with Crippen molar-refractivity contribution in [3.8, 4) is 11.3 Å². The molecule has 2 aromatic heterocycles. The molecule has 0 aromatic carbocycles. The van der Waals surface area contributed by atoms with Gasteiger partial charge in [0.2, 0.25) is 0 Å². The van der Waals surface area contributed by atoms with Crippen molar-refractivity contribution in [3.05, 3.63) is 33.2 Å². The van der Waals surface area contributed by atoms with Crippen molar-refractivity contribution in [1.29, 1.82) is 0 Å². The van der Waals surface area contributed by atoms with Gasteiger partial charge in [0.05, 0.1) is 23.5 Å². The lowest BCUT2D eigenvalue weighted by Gasteiger charge is -2.39. The highest BCUT2D eigenvalue weighted by Crippen LogP contribution is 2.59. The summed E-state index contributed by atoms with van der Waals surface area (Å²) in [5.74, 6) is 0. The van der Waals surface area contributed by atoms with Crippen LogP contribution in [0.4, 0.5) is 0 Å². The van der Waals surface area contributed by atoms with Gasteiger partial charge >= 0.3 is 13.3 Å². The predicted octanol–water partition coefficient (Wildman–Crippen LogP) is 1.26. The molecule has 0 spiro atoms. The average Bonchev–Trinajstić information content (AvgIpc) is 3.45. The largest absolute Gasteiger partial charge is 0.388 e. The molecular formula is C23H38N5O9P. The second-order valence-corrected chi connectivity index (χ2v) is 12.4. The van der Waals surface area contributed by atoms with Gasteiger partial charge in [-0.3, -0.25) is 23.4 Å². The third-order valence-electron chi connectivity index (χ3n) is 7.35. The van der Waals surface area contributed by atoms with Gasteiger partial charge in [-0.2, -0.15) is 0 Å². The van der Waals surface area contributed by atoms with Gasteiger partial charge in [-0.1, -0.05) is 26.0 Å². The number of aliphatic hydroxyl groups is 3. The second kappa shape index (κ2) is 11.1. The van der Waals surface area contributed by atoms with Crippen LogP contribution < -0.4 is 11.2 Å². The number of hydrogen-bond acceptors (Lipinski definition) is 10. The summed E-state index contributed by atoms with van der Waals surface area (Å²) in [4.78, 5) is 37.9. The summed E-state index contributed by atoms with van der Waals surface area (Å²) in [6, 6.07) is -0.0213. The monoisotopic (exact) mass is 559 g/mol. The van der Waals surface area contributed by atoms with Crippen molar-refractivity contribution in [2.24, 2.45) is 0 Å². The molecule has 1 fully saturated rings. The fourth-order valence-electron chi connectivity index (χ4n) is 4.27. The third-order valence-corrected chi connectivity index (χ3v) is 9.52. The van der Waals surface area contributed by atoms with Crippen LogP contribution in [0.5, 0.6) is 0 Å². The molecule has 6 unspecified atom stereocenters. The van der Waals surface area contributed by atoms with Gasteiger partial charge in [0, 0.05) is 18.7 Å². The molecule has 0 radical (unpaired) electrons. The molecule has 6 atom stereocenters. The zero-order valence-electron chi connectivity index (χ0n) is 22.4. The van der Waals surface area contributed by atoms with Crippen LogP contribution in [0.3, 0.4) is 0 Å². The van der Waals surface area contributed by atoms with Crippen molar-refractivity contribution >= 4 is 7.60 Å². The van der Waals surface area contributed by atoms with Crippen LogP contribution in [-0.4, -0.2) is 74.0 Å². The minimum atomic E-state index is -4.53. The van der Waals surface area contributed by atoms with Gasteiger partial charge in [-0.25, -0.2) is 9.48 Å². The molecule has 0 aliphatic carbocycles. The normalized spacial score (nSPS) is 25.4. The van der Waals surface area contributed by atoms with E-state index < -0.39 is 54.3 Å². The first-order valence-corrected chi connectivity index (χ1v) is 14.2. The summed E-state index contributed by atoms with van der Waals surface area (Å²) < 4.78 is 27.0. The van der Waals surface area contributed by atoms with Gasteiger partial charge in [-0.15, -0.1) is 5.10 Å². The highest BCUT2D eigenvalue weighted by atomic mass is 31.2. The van der Waals surface area contributed by atoms with Crippen molar-refractivity contribution in [3.63, 3.8) is 0 Å². The molecule has 0 bridgehead atoms. The Morgan fingerprint density at radius 3 is 2.32 bits per heavy atom. The number of aromatic nitrogens is 5. The quantitative estimate of drug-likeness (QED) is 0.248. The van der Waals surface area contributed by atoms with Crippen LogP contribution in [0.15, 0.2) is 22.0 Å². The molecular weight excluding hydrogens is 521 g/mol. The van der Waals surface area contributed by atoms with Gasteiger partial charge in [0.25, 0.3) is 5.56 Å². The SMILES string of the molecule is CCC(CC)(CC1OC(n2cc(-c3cn(C(C)C)nn3)c(=O)[nH]c2=O)C(O)C1O)OP(=O)(O)C(C)(O)CC. The number of aromatic amines is 1. The fraction of sp³-hybridized carbons (Fsp3) is 0.739. The first-order valence-electron chi connectivity index (χ1n) is 12.7. The summed E-state index contributed by atoms with van der Waals surface area (Å²) in [6.07, 6.45) is -2.52. The molecule has 1 aliphatic rings. The molecule has 3 rings (SSSR count). The number of nitrogens with zero attached hydrogens (tertiary/aromatic N) is 4. The molecule has 1 aliphatic heterocycles. The molecule has 2 aromatic rings. The number of nitrogens with one attached hydrogen (secondary N) is 1. The lowest BCUT2D eigenvalue weighted by atomic mass is 9.88. The second-order valence-electron chi connectivity index (χ2n) is 10.2. The Hall–Kier alpha value is -2.19. The number of H-pyrrole nitrogens is 1. The first kappa shape index (κ1) is 30.4. The Bertz CT molecular complexity index is 1280. The molecule has 38 heavy (non-hydrogen) atoms. The van der Waals surface area contributed by atoms with E-state index in [9.17, 15) is 34.4 Å². The van der Waals surface area contributed by atoms with E-state index in [1.165, 1.54) is 17.8 Å². The number of ether oxygens (including phenoxy) is 1. The van der Waals surface area contributed by atoms with Crippen molar-refractivity contribution in [2.45, 2.75) is 109 Å². The van der Waals surface area contributed by atoms with Crippen LogP contribution in [0.25, 0.3) is 11.3 Å². The fourth-order valence-corrected chi connectivity index (χ4v) is 5.72. The molecule has 5 N–H and O–H groups in total. The predicted molar refractivity (Wildman–Crippen MR) is 136 cm³/mol. The Kier molecular flexibility index (Phi) is 8.89. The zero-order valence-corrected chi connectivity index (χ0v) is 23.3. The zero-order chi connectivity index (χ0) is 28.6. The summed E-state index contributed by atoms with van der Waals surface area (Å²) in [5, 5.41) is 38.0. The maximum absolute atomic E-state index is 12.9. The highest BCUT2D eigenvalue weighted by molar-refractivity contribution is 7.54. The van der Waals surface area contributed by atoms with Gasteiger partial charge in [0.15, 0.2) is 11.6 Å². The minimum absolute atomic E-state index is 0.00746. The van der Waals surface area contributed by atoms with Gasteiger partial charge < -0.3 is 24.9 Å². The molecule has 0 amide bonds. The Morgan fingerprint density at radius 2 is 1.79 bits per heavy atom. The van der Waals surface area contributed by atoms with Crippen LogP contribution in [0, 0.1) is 0 Å². The lowest BCUT2D eigenvalue weighted by molar-refractivity contribution is -0.0774. The Balaban J connectivity index is 1.93.